The lowest BCUT2D eigenvalue weighted by Gasteiger charge is -2.10. The molecule has 21 heavy (non-hydrogen) atoms. The van der Waals surface area contributed by atoms with Crippen molar-refractivity contribution in [2.75, 3.05) is 20.3 Å². The first kappa shape index (κ1) is 16.4. The molecule has 1 heterocycles. The van der Waals surface area contributed by atoms with Gasteiger partial charge in [-0.05, 0) is 42.4 Å². The second kappa shape index (κ2) is 8.48. The van der Waals surface area contributed by atoms with Crippen LogP contribution in [0.4, 0.5) is 0 Å². The van der Waals surface area contributed by atoms with Gasteiger partial charge in [0.2, 0.25) is 0 Å². The molecule has 1 N–H and O–H groups in total. The van der Waals surface area contributed by atoms with Gasteiger partial charge in [-0.1, -0.05) is 22.0 Å². The van der Waals surface area contributed by atoms with Gasteiger partial charge in [0.25, 0.3) is 0 Å². The highest BCUT2D eigenvalue weighted by molar-refractivity contribution is 9.10. The van der Waals surface area contributed by atoms with Gasteiger partial charge in [0.15, 0.2) is 5.16 Å². The molecule has 0 amide bonds. The van der Waals surface area contributed by atoms with E-state index in [1.165, 1.54) is 5.56 Å². The molecule has 6 heteroatoms. The fourth-order valence-corrected chi connectivity index (χ4v) is 3.21. The number of hydrogen-bond acceptors (Lipinski definition) is 5. The summed E-state index contributed by atoms with van der Waals surface area (Å²) in [6.07, 6.45) is 1.79. The molecule has 1 aromatic carbocycles. The summed E-state index contributed by atoms with van der Waals surface area (Å²) in [5.41, 5.74) is 2.20. The zero-order valence-corrected chi connectivity index (χ0v) is 14.5. The van der Waals surface area contributed by atoms with E-state index in [2.05, 4.69) is 49.4 Å². The van der Waals surface area contributed by atoms with Gasteiger partial charge in [-0.15, -0.1) is 0 Å². The third-order valence-corrected chi connectivity index (χ3v) is 4.27. The van der Waals surface area contributed by atoms with Crippen molar-refractivity contribution in [1.29, 1.82) is 0 Å². The van der Waals surface area contributed by atoms with E-state index in [1.807, 2.05) is 13.0 Å². The summed E-state index contributed by atoms with van der Waals surface area (Å²) in [5, 5.41) is 4.13. The summed E-state index contributed by atoms with van der Waals surface area (Å²) < 4.78 is 6.10. The number of nitrogens with one attached hydrogen (secondary N) is 1. The lowest BCUT2D eigenvalue weighted by molar-refractivity contribution is 0.199. The molecule has 0 spiro atoms. The van der Waals surface area contributed by atoms with Gasteiger partial charge in [-0.2, -0.15) is 0 Å². The summed E-state index contributed by atoms with van der Waals surface area (Å²) in [6.45, 7) is 4.31. The van der Waals surface area contributed by atoms with Crippen LogP contribution < -0.4 is 5.32 Å². The standard InChI is InChI=1S/C15H18BrN3OS/c1-11-5-6-18-15(19-11)21-14-9-13(16)4-3-12(14)10-17-7-8-20-2/h3-6,9,17H,7-8,10H2,1-2H3. The first-order valence-electron chi connectivity index (χ1n) is 6.64. The lowest BCUT2D eigenvalue weighted by atomic mass is 10.2. The topological polar surface area (TPSA) is 47.0 Å². The molecular formula is C15H18BrN3OS. The van der Waals surface area contributed by atoms with Gasteiger partial charge < -0.3 is 10.1 Å². The van der Waals surface area contributed by atoms with Crippen molar-refractivity contribution in [1.82, 2.24) is 15.3 Å². The number of nitrogens with zero attached hydrogens (tertiary/aromatic N) is 2. The van der Waals surface area contributed by atoms with Crippen molar-refractivity contribution in [3.05, 3.63) is 46.2 Å². The van der Waals surface area contributed by atoms with Crippen molar-refractivity contribution in [3.8, 4) is 0 Å². The minimum atomic E-state index is 0.708. The summed E-state index contributed by atoms with van der Waals surface area (Å²) in [7, 11) is 1.71. The van der Waals surface area contributed by atoms with E-state index in [4.69, 9.17) is 4.74 Å². The number of benzene rings is 1. The maximum atomic E-state index is 5.04. The summed E-state index contributed by atoms with van der Waals surface area (Å²) in [4.78, 5) is 9.91. The van der Waals surface area contributed by atoms with Crippen LogP contribution in [0.1, 0.15) is 11.3 Å². The second-order valence-electron chi connectivity index (χ2n) is 4.50. The zero-order valence-electron chi connectivity index (χ0n) is 12.1. The number of hydrogen-bond donors (Lipinski definition) is 1. The Hall–Kier alpha value is -0.950. The largest absolute Gasteiger partial charge is 0.383 e. The van der Waals surface area contributed by atoms with E-state index >= 15 is 0 Å². The first-order valence-corrected chi connectivity index (χ1v) is 8.25. The fourth-order valence-electron chi connectivity index (χ4n) is 1.74. The average molecular weight is 368 g/mol. The second-order valence-corrected chi connectivity index (χ2v) is 6.43. The molecule has 0 radical (unpaired) electrons. The zero-order chi connectivity index (χ0) is 15.1. The third-order valence-electron chi connectivity index (χ3n) is 2.80. The van der Waals surface area contributed by atoms with Crippen LogP contribution in [0.25, 0.3) is 0 Å². The Morgan fingerprint density at radius 3 is 2.95 bits per heavy atom. The molecule has 2 aromatic rings. The first-order chi connectivity index (χ1) is 10.2. The Kier molecular flexibility index (Phi) is 6.63. The Labute approximate surface area is 137 Å². The van der Waals surface area contributed by atoms with Crippen molar-refractivity contribution in [3.63, 3.8) is 0 Å². The van der Waals surface area contributed by atoms with Gasteiger partial charge in [0.05, 0.1) is 6.61 Å². The molecule has 0 saturated heterocycles. The molecule has 0 bridgehead atoms. The van der Waals surface area contributed by atoms with E-state index < -0.39 is 0 Å². The minimum absolute atomic E-state index is 0.708. The number of aryl methyl sites for hydroxylation is 1. The summed E-state index contributed by atoms with van der Waals surface area (Å²) in [5.74, 6) is 0. The number of rotatable bonds is 7. The SMILES string of the molecule is COCCNCc1ccc(Br)cc1Sc1nccc(C)n1. The molecule has 112 valence electrons. The van der Waals surface area contributed by atoms with Crippen LogP contribution in [0.2, 0.25) is 0 Å². The third kappa shape index (κ3) is 5.39. The van der Waals surface area contributed by atoms with E-state index in [0.29, 0.717) is 6.61 Å². The normalized spacial score (nSPS) is 10.8. The molecule has 0 unspecified atom stereocenters. The average Bonchev–Trinajstić information content (AvgIpc) is 2.45. The highest BCUT2D eigenvalue weighted by Gasteiger charge is 2.07. The number of aromatic nitrogens is 2. The quantitative estimate of drug-likeness (QED) is 0.599. The van der Waals surface area contributed by atoms with Crippen LogP contribution in [0.3, 0.4) is 0 Å². The van der Waals surface area contributed by atoms with Crippen LogP contribution in [0.5, 0.6) is 0 Å². The molecule has 4 nitrogen and oxygen atoms in total. The van der Waals surface area contributed by atoms with Crippen LogP contribution >= 0.6 is 27.7 Å². The van der Waals surface area contributed by atoms with E-state index in [1.54, 1.807) is 25.1 Å². The van der Waals surface area contributed by atoms with Gasteiger partial charge in [-0.25, -0.2) is 9.97 Å². The molecule has 0 atom stereocenters. The Balaban J connectivity index is 2.11. The molecule has 0 fully saturated rings. The predicted octanol–water partition coefficient (Wildman–Crippen LogP) is 3.43. The summed E-state index contributed by atoms with van der Waals surface area (Å²) in [6, 6.07) is 8.17. The van der Waals surface area contributed by atoms with Gasteiger partial charge in [0, 0.05) is 41.5 Å². The van der Waals surface area contributed by atoms with E-state index in [9.17, 15) is 0 Å². The predicted molar refractivity (Wildman–Crippen MR) is 88.6 cm³/mol. The number of methoxy groups -OCH3 is 1. The molecule has 0 saturated carbocycles. The maximum Gasteiger partial charge on any atom is 0.192 e. The molecule has 0 aliphatic heterocycles. The minimum Gasteiger partial charge on any atom is -0.383 e. The van der Waals surface area contributed by atoms with Gasteiger partial charge in [0.1, 0.15) is 0 Å². The molecule has 0 aliphatic rings. The highest BCUT2D eigenvalue weighted by atomic mass is 79.9. The van der Waals surface area contributed by atoms with E-state index in [-0.39, 0.29) is 0 Å². The summed E-state index contributed by atoms with van der Waals surface area (Å²) >= 11 is 5.11. The monoisotopic (exact) mass is 367 g/mol. The van der Waals surface area contributed by atoms with Crippen LogP contribution in [0, 0.1) is 6.92 Å². The molecule has 2 rings (SSSR count). The van der Waals surface area contributed by atoms with Gasteiger partial charge in [-0.3, -0.25) is 0 Å². The van der Waals surface area contributed by atoms with Crippen molar-refractivity contribution in [2.24, 2.45) is 0 Å². The molecular weight excluding hydrogens is 350 g/mol. The van der Waals surface area contributed by atoms with Crippen LogP contribution in [-0.4, -0.2) is 30.2 Å². The lowest BCUT2D eigenvalue weighted by Crippen LogP contribution is -2.18. The van der Waals surface area contributed by atoms with Crippen molar-refractivity contribution in [2.45, 2.75) is 23.5 Å². The molecule has 0 aliphatic carbocycles. The van der Waals surface area contributed by atoms with Crippen LogP contribution in [-0.2, 0) is 11.3 Å². The van der Waals surface area contributed by atoms with E-state index in [0.717, 1.165) is 33.3 Å². The van der Waals surface area contributed by atoms with Crippen molar-refractivity contribution < 1.29 is 4.74 Å². The number of ether oxygens (including phenoxy) is 1. The van der Waals surface area contributed by atoms with Crippen molar-refractivity contribution >= 4 is 27.7 Å². The number of halogens is 1. The Morgan fingerprint density at radius 1 is 1.33 bits per heavy atom. The maximum absolute atomic E-state index is 5.04. The fraction of sp³-hybridized carbons (Fsp3) is 0.333. The smallest absolute Gasteiger partial charge is 0.192 e. The Morgan fingerprint density at radius 2 is 2.19 bits per heavy atom. The van der Waals surface area contributed by atoms with Crippen LogP contribution in [0.15, 0.2) is 45.0 Å². The Bertz CT molecular complexity index is 595. The molecule has 1 aromatic heterocycles. The highest BCUT2D eigenvalue weighted by Crippen LogP contribution is 2.30. The van der Waals surface area contributed by atoms with Gasteiger partial charge >= 0.3 is 0 Å².